The third-order valence-corrected chi connectivity index (χ3v) is 6.10. The first-order valence-electron chi connectivity index (χ1n) is 10.8. The number of benzene rings is 2. The molecule has 2 aromatic carbocycles. The lowest BCUT2D eigenvalue weighted by Crippen LogP contribution is -2.38. The van der Waals surface area contributed by atoms with Crippen LogP contribution in [0, 0.1) is 5.92 Å². The number of hydrogen-bond acceptors (Lipinski definition) is 3. The molecule has 2 saturated heterocycles. The normalized spacial score (nSPS) is 22.5. The molecule has 2 aliphatic heterocycles. The summed E-state index contributed by atoms with van der Waals surface area (Å²) in [5, 5.41) is 0. The number of anilines is 1. The molecule has 2 aromatic rings. The van der Waals surface area contributed by atoms with Crippen LogP contribution in [0.5, 0.6) is 0 Å². The fourth-order valence-corrected chi connectivity index (χ4v) is 4.53. The van der Waals surface area contributed by atoms with E-state index >= 15 is 0 Å². The van der Waals surface area contributed by atoms with Crippen molar-refractivity contribution in [3.05, 3.63) is 65.7 Å². The summed E-state index contributed by atoms with van der Waals surface area (Å²) in [6.07, 6.45) is -1.21. The van der Waals surface area contributed by atoms with Gasteiger partial charge in [-0.2, -0.15) is 13.2 Å². The number of ether oxygens (including phenoxy) is 1. The van der Waals surface area contributed by atoms with Crippen molar-refractivity contribution in [3.8, 4) is 0 Å². The van der Waals surface area contributed by atoms with Gasteiger partial charge in [-0.1, -0.05) is 36.4 Å². The molecule has 0 bridgehead atoms. The third-order valence-electron chi connectivity index (χ3n) is 6.10. The largest absolute Gasteiger partial charge is 0.444 e. The molecule has 7 heteroatoms. The fraction of sp³-hybridized carbons (Fsp3) is 0.458. The quantitative estimate of drug-likeness (QED) is 0.615. The van der Waals surface area contributed by atoms with Gasteiger partial charge in [-0.15, -0.1) is 0 Å². The minimum absolute atomic E-state index is 0.225. The highest BCUT2D eigenvalue weighted by Gasteiger charge is 2.35. The van der Waals surface area contributed by atoms with Crippen molar-refractivity contribution >= 4 is 11.8 Å². The molecule has 4 nitrogen and oxygen atoms in total. The van der Waals surface area contributed by atoms with Gasteiger partial charge in [-0.3, -0.25) is 4.90 Å². The van der Waals surface area contributed by atoms with Gasteiger partial charge in [-0.25, -0.2) is 4.79 Å². The van der Waals surface area contributed by atoms with Crippen molar-refractivity contribution in [1.82, 2.24) is 4.90 Å². The highest BCUT2D eigenvalue weighted by Crippen LogP contribution is 2.33. The van der Waals surface area contributed by atoms with Crippen LogP contribution in [0.1, 0.15) is 30.4 Å². The summed E-state index contributed by atoms with van der Waals surface area (Å²) >= 11 is 0. The van der Waals surface area contributed by atoms with Crippen LogP contribution in [0.25, 0.3) is 0 Å². The van der Waals surface area contributed by atoms with E-state index in [4.69, 9.17) is 4.74 Å². The predicted octanol–water partition coefficient (Wildman–Crippen LogP) is 5.38. The highest BCUT2D eigenvalue weighted by atomic mass is 19.4. The van der Waals surface area contributed by atoms with Gasteiger partial charge in [0.2, 0.25) is 0 Å². The molecule has 31 heavy (non-hydrogen) atoms. The van der Waals surface area contributed by atoms with Crippen molar-refractivity contribution in [2.24, 2.45) is 5.92 Å². The van der Waals surface area contributed by atoms with Crippen LogP contribution < -0.4 is 4.90 Å². The second kappa shape index (κ2) is 9.30. The molecule has 4 rings (SSSR count). The number of rotatable bonds is 6. The van der Waals surface area contributed by atoms with E-state index in [-0.39, 0.29) is 18.3 Å². The van der Waals surface area contributed by atoms with Crippen LogP contribution >= 0.6 is 0 Å². The summed E-state index contributed by atoms with van der Waals surface area (Å²) < 4.78 is 44.4. The van der Waals surface area contributed by atoms with Crippen LogP contribution in [0.3, 0.4) is 0 Å². The predicted molar refractivity (Wildman–Crippen MR) is 113 cm³/mol. The maximum atomic E-state index is 13.0. The van der Waals surface area contributed by atoms with Crippen molar-refractivity contribution in [1.29, 1.82) is 0 Å². The van der Waals surface area contributed by atoms with E-state index in [0.29, 0.717) is 12.3 Å². The Hall–Kier alpha value is -2.54. The van der Waals surface area contributed by atoms with E-state index in [1.54, 1.807) is 0 Å². The van der Waals surface area contributed by atoms with Crippen LogP contribution in [-0.2, 0) is 17.3 Å². The fourth-order valence-electron chi connectivity index (χ4n) is 4.53. The number of nitrogens with zero attached hydrogens (tertiary/aromatic N) is 2. The van der Waals surface area contributed by atoms with E-state index in [9.17, 15) is 18.0 Å². The van der Waals surface area contributed by atoms with E-state index in [1.165, 1.54) is 29.0 Å². The molecule has 2 unspecified atom stereocenters. The molecule has 2 aliphatic rings. The molecule has 0 aliphatic carbocycles. The number of cyclic esters (lactones) is 1. The average molecular weight is 432 g/mol. The van der Waals surface area contributed by atoms with Gasteiger partial charge in [0.1, 0.15) is 6.10 Å². The van der Waals surface area contributed by atoms with Crippen molar-refractivity contribution < 1.29 is 22.7 Å². The van der Waals surface area contributed by atoms with Crippen LogP contribution in [0.15, 0.2) is 54.6 Å². The lowest BCUT2D eigenvalue weighted by atomic mass is 9.91. The first-order chi connectivity index (χ1) is 14.9. The molecule has 0 spiro atoms. The molecule has 2 atom stereocenters. The van der Waals surface area contributed by atoms with Crippen LogP contribution in [-0.4, -0.2) is 43.3 Å². The first kappa shape index (κ1) is 21.7. The Morgan fingerprint density at radius 1 is 1.03 bits per heavy atom. The van der Waals surface area contributed by atoms with E-state index < -0.39 is 17.8 Å². The Morgan fingerprint density at radius 3 is 2.61 bits per heavy atom. The number of alkyl halides is 3. The second-order valence-corrected chi connectivity index (χ2v) is 8.45. The Kier molecular flexibility index (Phi) is 6.51. The zero-order valence-corrected chi connectivity index (χ0v) is 17.4. The number of amides is 1. The first-order valence-corrected chi connectivity index (χ1v) is 10.8. The zero-order chi connectivity index (χ0) is 21.8. The molecule has 0 aromatic heterocycles. The number of piperidine rings is 1. The molecule has 1 amide bonds. The van der Waals surface area contributed by atoms with Gasteiger partial charge in [0, 0.05) is 18.8 Å². The zero-order valence-electron chi connectivity index (χ0n) is 17.4. The Balaban J connectivity index is 1.29. The van der Waals surface area contributed by atoms with E-state index in [0.717, 1.165) is 44.6 Å². The number of carbonyl (C=O) groups excluding carboxylic acids is 1. The Morgan fingerprint density at radius 2 is 1.84 bits per heavy atom. The third kappa shape index (κ3) is 5.58. The average Bonchev–Trinajstić information content (AvgIpc) is 3.13. The smallest absolute Gasteiger partial charge is 0.416 e. The highest BCUT2D eigenvalue weighted by molar-refractivity contribution is 5.89. The summed E-state index contributed by atoms with van der Waals surface area (Å²) in [6, 6.07) is 15.3. The second-order valence-electron chi connectivity index (χ2n) is 8.45. The molecule has 0 radical (unpaired) electrons. The maximum absolute atomic E-state index is 13.0. The molecule has 2 fully saturated rings. The van der Waals surface area contributed by atoms with Gasteiger partial charge >= 0.3 is 12.3 Å². The Bertz CT molecular complexity index is 888. The summed E-state index contributed by atoms with van der Waals surface area (Å²) in [6.45, 7) is 3.15. The molecular weight excluding hydrogens is 405 g/mol. The molecule has 2 heterocycles. The minimum atomic E-state index is -4.44. The maximum Gasteiger partial charge on any atom is 0.416 e. The molecule has 0 saturated carbocycles. The van der Waals surface area contributed by atoms with Crippen molar-refractivity contribution in [3.63, 3.8) is 0 Å². The van der Waals surface area contributed by atoms with Crippen LogP contribution in [0.4, 0.5) is 23.7 Å². The SMILES string of the molecule is O=C1OC(CCN2CCCC(Cc3ccccc3)C2)CN1c1cccc(C(F)(F)F)c1. The van der Waals surface area contributed by atoms with Crippen molar-refractivity contribution in [2.75, 3.05) is 31.1 Å². The Labute approximate surface area is 180 Å². The topological polar surface area (TPSA) is 32.8 Å². The molecule has 166 valence electrons. The van der Waals surface area contributed by atoms with Gasteiger partial charge < -0.3 is 9.64 Å². The summed E-state index contributed by atoms with van der Waals surface area (Å²) in [4.78, 5) is 16.0. The summed E-state index contributed by atoms with van der Waals surface area (Å²) in [5.74, 6) is 0.615. The lowest BCUT2D eigenvalue weighted by Gasteiger charge is -2.33. The minimum Gasteiger partial charge on any atom is -0.444 e. The van der Waals surface area contributed by atoms with Gasteiger partial charge in [0.15, 0.2) is 0 Å². The van der Waals surface area contributed by atoms with E-state index in [2.05, 4.69) is 29.2 Å². The number of likely N-dealkylation sites (tertiary alicyclic amines) is 1. The van der Waals surface area contributed by atoms with Gasteiger partial charge in [-0.05, 0) is 61.9 Å². The number of halogens is 3. The number of hydrogen-bond donors (Lipinski definition) is 0. The van der Waals surface area contributed by atoms with Gasteiger partial charge in [0.05, 0.1) is 12.1 Å². The van der Waals surface area contributed by atoms with Gasteiger partial charge in [0.25, 0.3) is 0 Å². The van der Waals surface area contributed by atoms with Crippen molar-refractivity contribution in [2.45, 2.75) is 38.0 Å². The monoisotopic (exact) mass is 432 g/mol. The summed E-state index contributed by atoms with van der Waals surface area (Å²) in [5.41, 5.74) is 0.818. The summed E-state index contributed by atoms with van der Waals surface area (Å²) in [7, 11) is 0. The van der Waals surface area contributed by atoms with E-state index in [1.807, 2.05) is 6.07 Å². The molecular formula is C24H27F3N2O2. The van der Waals surface area contributed by atoms with Crippen LogP contribution in [0.2, 0.25) is 0 Å². The standard InChI is InChI=1S/C24H27F3N2O2/c25-24(26,27)20-9-4-10-21(15-20)29-17-22(31-23(29)30)11-13-28-12-5-8-19(16-28)14-18-6-2-1-3-7-18/h1-4,6-7,9-10,15,19,22H,5,8,11-14,16-17H2. The molecule has 0 N–H and O–H groups in total. The number of carbonyl (C=O) groups is 1. The lowest BCUT2D eigenvalue weighted by molar-refractivity contribution is -0.137.